The topological polar surface area (TPSA) is 107 Å². The molecule has 9 nitrogen and oxygen atoms in total. The third-order valence-corrected chi connectivity index (χ3v) is 7.65. The Balaban J connectivity index is 1.85. The van der Waals surface area contributed by atoms with E-state index in [1.165, 1.54) is 12.0 Å². The van der Waals surface area contributed by atoms with Gasteiger partial charge in [0.05, 0.1) is 0 Å². The summed E-state index contributed by atoms with van der Waals surface area (Å²) in [7, 11) is -2.56. The van der Waals surface area contributed by atoms with Crippen molar-refractivity contribution in [1.29, 1.82) is 0 Å². The van der Waals surface area contributed by atoms with Crippen molar-refractivity contribution in [3.05, 3.63) is 36.4 Å². The van der Waals surface area contributed by atoms with E-state index in [-0.39, 0.29) is 12.3 Å². The quantitative estimate of drug-likeness (QED) is 0.263. The van der Waals surface area contributed by atoms with Gasteiger partial charge in [-0.15, -0.1) is 0 Å². The van der Waals surface area contributed by atoms with Crippen LogP contribution < -0.4 is 26.8 Å². The molecule has 2 aromatic rings. The first kappa shape index (κ1) is 24.6. The Bertz CT molecular complexity index is 1110. The van der Waals surface area contributed by atoms with Crippen molar-refractivity contribution in [2.45, 2.75) is 26.2 Å². The van der Waals surface area contributed by atoms with Crippen molar-refractivity contribution in [2.75, 3.05) is 30.1 Å². The number of carbonyl (C=O) groups excluding carboxylic acids is 1. The van der Waals surface area contributed by atoms with Gasteiger partial charge in [0.15, 0.2) is 0 Å². The second kappa shape index (κ2) is 9.87. The van der Waals surface area contributed by atoms with Crippen LogP contribution >= 0.6 is 0 Å². The molecule has 0 N–H and O–H groups in total. The molecule has 0 aromatic carbocycles. The maximum absolute atomic E-state index is 13.3. The zero-order valence-electron chi connectivity index (χ0n) is 17.7. The summed E-state index contributed by atoms with van der Waals surface area (Å²) in [6.07, 6.45) is 4.44. The summed E-state index contributed by atoms with van der Waals surface area (Å²) in [6, 6.07) is 3.56. The number of aryl methyl sites for hydroxylation is 1. The van der Waals surface area contributed by atoms with Crippen LogP contribution in [0.3, 0.4) is 0 Å². The van der Waals surface area contributed by atoms with Crippen molar-refractivity contribution >= 4 is 27.1 Å². The number of aromatic nitrogens is 3. The predicted molar refractivity (Wildman–Crippen MR) is 110 cm³/mol. The Morgan fingerprint density at radius 2 is 2.19 bits per heavy atom. The Hall–Kier alpha value is -2.00. The third kappa shape index (κ3) is 5.86. The molecule has 0 bridgehead atoms. The molecular formula is C19H23F2IN5O4S-. The summed E-state index contributed by atoms with van der Waals surface area (Å²) < 4.78 is 62.1. The molecule has 0 saturated heterocycles. The van der Waals surface area contributed by atoms with E-state index in [0.717, 1.165) is 0 Å². The molecule has 2 aromatic heterocycles. The Morgan fingerprint density at radius 1 is 1.47 bits per heavy atom. The van der Waals surface area contributed by atoms with Crippen LogP contribution in [0.1, 0.15) is 19.0 Å². The van der Waals surface area contributed by atoms with Crippen molar-refractivity contribution < 1.29 is 47.0 Å². The van der Waals surface area contributed by atoms with Crippen molar-refractivity contribution in [3.8, 4) is 5.69 Å². The fourth-order valence-electron chi connectivity index (χ4n) is 3.14. The fraction of sp³-hybridized carbons (Fsp3) is 0.474. The molecule has 2 heterocycles. The van der Waals surface area contributed by atoms with E-state index >= 15 is 0 Å². The molecule has 176 valence electrons. The van der Waals surface area contributed by atoms with E-state index in [2.05, 4.69) is 13.3 Å². The Morgan fingerprint density at radius 3 is 2.75 bits per heavy atom. The molecule has 13 heteroatoms. The monoisotopic (exact) mass is 582 g/mol. The molecule has 1 saturated carbocycles. The molecule has 32 heavy (non-hydrogen) atoms. The maximum atomic E-state index is 13.3. The van der Waals surface area contributed by atoms with Gasteiger partial charge in [0, 0.05) is 0 Å². The Kier molecular flexibility index (Phi) is 7.60. The average molecular weight is 582 g/mol. The number of anilines is 1. The van der Waals surface area contributed by atoms with Crippen molar-refractivity contribution in [1.82, 2.24) is 14.8 Å². The summed E-state index contributed by atoms with van der Waals surface area (Å²) in [6.45, 7) is 3.69. The van der Waals surface area contributed by atoms with Crippen LogP contribution in [0.15, 0.2) is 33.9 Å². The van der Waals surface area contributed by atoms with Crippen molar-refractivity contribution in [3.63, 3.8) is 0 Å². The molecular weight excluding hydrogens is 559 g/mol. The zero-order valence-corrected chi connectivity index (χ0v) is 20.7. The van der Waals surface area contributed by atoms with Gasteiger partial charge in [0.25, 0.3) is 0 Å². The summed E-state index contributed by atoms with van der Waals surface area (Å²) in [5.41, 5.74) is 1.50. The molecule has 1 unspecified atom stereocenters. The second-order valence-corrected chi connectivity index (χ2v) is 11.1. The molecule has 1 atom stereocenters. The van der Waals surface area contributed by atoms with E-state index in [1.54, 1.807) is 49.3 Å². The van der Waals surface area contributed by atoms with Gasteiger partial charge in [0.1, 0.15) is 0 Å². The summed E-state index contributed by atoms with van der Waals surface area (Å²) in [4.78, 5) is 18.7. The molecule has 0 spiro atoms. The van der Waals surface area contributed by atoms with Gasteiger partial charge in [-0.2, -0.15) is 0 Å². The van der Waals surface area contributed by atoms with Crippen LogP contribution in [0.2, 0.25) is 0 Å². The van der Waals surface area contributed by atoms with E-state index in [1.807, 2.05) is 0 Å². The number of pyridine rings is 1. The number of halogens is 3. The number of rotatable bonds is 10. The number of carbonyl (C=O) groups is 1. The van der Waals surface area contributed by atoms with Crippen LogP contribution in [0.4, 0.5) is 14.5 Å². The first-order chi connectivity index (χ1) is 15.1. The molecule has 0 aliphatic heterocycles. The van der Waals surface area contributed by atoms with Crippen LogP contribution in [0.25, 0.3) is 5.69 Å². The fourth-order valence-corrected chi connectivity index (χ4v) is 5.88. The Labute approximate surface area is 196 Å². The van der Waals surface area contributed by atoms with Gasteiger partial charge in [-0.1, -0.05) is 0 Å². The van der Waals surface area contributed by atoms with E-state index in [9.17, 15) is 22.0 Å². The van der Waals surface area contributed by atoms with Crippen LogP contribution in [-0.4, -0.2) is 65.9 Å². The SMILES string of the molecule is CCN(C(=O)C(CS(=O)(=O)CC1CC1(F)F)=N[I-]OC)c1cn(-c2cccnc2)nc1C. The van der Waals surface area contributed by atoms with Crippen molar-refractivity contribution in [2.24, 2.45) is 9.12 Å². The summed E-state index contributed by atoms with van der Waals surface area (Å²) in [5.74, 6) is -6.18. The number of hydrogen-bond acceptors (Lipinski definition) is 7. The average Bonchev–Trinajstić information content (AvgIpc) is 3.14. The zero-order chi connectivity index (χ0) is 23.5. The minimum absolute atomic E-state index is 0.223. The van der Waals surface area contributed by atoms with E-state index in [0.29, 0.717) is 17.1 Å². The number of nitrogens with zero attached hydrogens (tertiary/aromatic N) is 5. The number of amides is 1. The third-order valence-electron chi connectivity index (χ3n) is 4.86. The summed E-state index contributed by atoms with van der Waals surface area (Å²) in [5, 5.41) is 4.42. The number of alkyl halides is 2. The minimum atomic E-state index is -3.96. The standard InChI is InChI=1S/C19H23F2IN5O4S/c1-4-26(17-10-27(25-13(17)2)15-6-5-7-23-9-15)18(28)16(24-22-31-3)12-32(29,30)11-14-8-19(14,20)21/h5-7,9-10,14H,4,8,11-12H2,1-3H3/q-1. The molecule has 1 aliphatic carbocycles. The molecule has 1 amide bonds. The van der Waals surface area contributed by atoms with E-state index < -0.39 is 67.4 Å². The number of sulfone groups is 1. The molecule has 1 aliphatic rings. The summed E-state index contributed by atoms with van der Waals surface area (Å²) >= 11 is -1.27. The van der Waals surface area contributed by atoms with Crippen LogP contribution in [-0.2, 0) is 17.7 Å². The first-order valence-corrected chi connectivity index (χ1v) is 13.4. The van der Waals surface area contributed by atoms with Gasteiger partial charge < -0.3 is 0 Å². The van der Waals surface area contributed by atoms with Crippen LogP contribution in [0, 0.1) is 12.8 Å². The molecule has 3 rings (SSSR count). The van der Waals surface area contributed by atoms with Crippen LogP contribution in [0.5, 0.6) is 0 Å². The first-order valence-electron chi connectivity index (χ1n) is 9.69. The normalized spacial score (nSPS) is 18.0. The van der Waals surface area contributed by atoms with Gasteiger partial charge >= 0.3 is 196 Å². The number of hydrogen-bond donors (Lipinski definition) is 0. The second-order valence-electron chi connectivity index (χ2n) is 7.28. The van der Waals surface area contributed by atoms with E-state index in [4.69, 9.17) is 3.07 Å². The van der Waals surface area contributed by atoms with Gasteiger partial charge in [-0.25, -0.2) is 0 Å². The van der Waals surface area contributed by atoms with Gasteiger partial charge in [0.2, 0.25) is 0 Å². The molecule has 1 fully saturated rings. The van der Waals surface area contributed by atoms with Gasteiger partial charge in [-0.3, -0.25) is 0 Å². The van der Waals surface area contributed by atoms with Gasteiger partial charge in [-0.05, 0) is 0 Å². The molecule has 0 radical (unpaired) electrons. The predicted octanol–water partition coefficient (Wildman–Crippen LogP) is -0.995.